The number of thioether (sulfide) groups is 2. The second-order valence-electron chi connectivity index (χ2n) is 3.58. The Morgan fingerprint density at radius 1 is 1.11 bits per heavy atom. The number of rotatable bonds is 7. The number of benzene rings is 1. The van der Waals surface area contributed by atoms with E-state index in [9.17, 15) is 0 Å². The molecule has 0 radical (unpaired) electrons. The van der Waals surface area contributed by atoms with Crippen molar-refractivity contribution in [3.63, 3.8) is 0 Å². The van der Waals surface area contributed by atoms with E-state index in [-0.39, 0.29) is 24.0 Å². The van der Waals surface area contributed by atoms with Gasteiger partial charge in [-0.25, -0.2) is 0 Å². The zero-order valence-electron chi connectivity index (χ0n) is 11.4. The first-order chi connectivity index (χ1) is 8.86. The van der Waals surface area contributed by atoms with E-state index in [0.29, 0.717) is 0 Å². The second-order valence-corrected chi connectivity index (χ2v) is 5.73. The van der Waals surface area contributed by atoms with Gasteiger partial charge in [-0.05, 0) is 18.4 Å². The number of guanidine groups is 1. The Morgan fingerprint density at radius 2 is 1.74 bits per heavy atom. The highest BCUT2D eigenvalue weighted by atomic mass is 127. The van der Waals surface area contributed by atoms with Crippen molar-refractivity contribution in [1.82, 2.24) is 10.6 Å². The molecule has 0 atom stereocenters. The van der Waals surface area contributed by atoms with E-state index in [1.54, 1.807) is 7.05 Å². The summed E-state index contributed by atoms with van der Waals surface area (Å²) in [7, 11) is 1.80. The first-order valence-corrected chi connectivity index (χ1v) is 8.36. The molecule has 0 spiro atoms. The second kappa shape index (κ2) is 12.9. The van der Waals surface area contributed by atoms with Crippen molar-refractivity contribution >= 4 is 53.5 Å². The van der Waals surface area contributed by atoms with Crippen LogP contribution in [0.3, 0.4) is 0 Å². The van der Waals surface area contributed by atoms with E-state index in [4.69, 9.17) is 0 Å². The Morgan fingerprint density at radius 3 is 2.32 bits per heavy atom. The van der Waals surface area contributed by atoms with E-state index in [1.165, 1.54) is 4.90 Å². The predicted octanol–water partition coefficient (Wildman–Crippen LogP) is 2.92. The lowest BCUT2D eigenvalue weighted by Crippen LogP contribution is -2.39. The number of halogens is 1. The van der Waals surface area contributed by atoms with Gasteiger partial charge in [-0.3, -0.25) is 4.99 Å². The lowest BCUT2D eigenvalue weighted by Gasteiger charge is -2.11. The van der Waals surface area contributed by atoms with Gasteiger partial charge in [0, 0.05) is 36.5 Å². The van der Waals surface area contributed by atoms with Crippen LogP contribution in [0.25, 0.3) is 0 Å². The summed E-state index contributed by atoms with van der Waals surface area (Å²) in [6.07, 6.45) is 2.11. The highest BCUT2D eigenvalue weighted by Crippen LogP contribution is 2.15. The summed E-state index contributed by atoms with van der Waals surface area (Å²) >= 11 is 3.68. The number of hydrogen-bond donors (Lipinski definition) is 2. The normalized spacial score (nSPS) is 10.7. The summed E-state index contributed by atoms with van der Waals surface area (Å²) in [5.41, 5.74) is 0. The third kappa shape index (κ3) is 9.45. The van der Waals surface area contributed by atoms with Gasteiger partial charge in [-0.2, -0.15) is 11.8 Å². The summed E-state index contributed by atoms with van der Waals surface area (Å²) < 4.78 is 0. The van der Waals surface area contributed by atoms with Crippen molar-refractivity contribution in [3.05, 3.63) is 30.3 Å². The van der Waals surface area contributed by atoms with E-state index in [2.05, 4.69) is 46.1 Å². The Hall–Kier alpha value is -0.0800. The average molecular weight is 411 g/mol. The smallest absolute Gasteiger partial charge is 0.191 e. The van der Waals surface area contributed by atoms with Crippen LogP contribution in [0.1, 0.15) is 0 Å². The lowest BCUT2D eigenvalue weighted by atomic mass is 10.4. The standard InChI is InChI=1S/C13H21N3S2.HI/c1-14-13(15-8-10-17-2)16-9-11-18-12-6-4-3-5-7-12;/h3-7H,8-11H2,1-2H3,(H2,14,15,16);1H. The molecule has 0 bridgehead atoms. The van der Waals surface area contributed by atoms with E-state index in [0.717, 1.165) is 30.6 Å². The molecule has 1 aromatic rings. The minimum atomic E-state index is 0. The molecule has 0 heterocycles. The fourth-order valence-corrected chi connectivity index (χ4v) is 2.44. The zero-order chi connectivity index (χ0) is 13.1. The Kier molecular flexibility index (Phi) is 12.9. The fraction of sp³-hybridized carbons (Fsp3) is 0.462. The highest BCUT2D eigenvalue weighted by Gasteiger charge is 1.96. The van der Waals surface area contributed by atoms with Crippen molar-refractivity contribution in [1.29, 1.82) is 0 Å². The van der Waals surface area contributed by atoms with E-state index >= 15 is 0 Å². The minimum absolute atomic E-state index is 0. The number of hydrogen-bond acceptors (Lipinski definition) is 3. The first kappa shape index (κ1) is 18.9. The molecular formula is C13H22IN3S2. The van der Waals surface area contributed by atoms with Crippen molar-refractivity contribution in [2.75, 3.05) is 37.9 Å². The monoisotopic (exact) mass is 411 g/mol. The molecule has 3 nitrogen and oxygen atoms in total. The van der Waals surface area contributed by atoms with Gasteiger partial charge in [-0.15, -0.1) is 35.7 Å². The summed E-state index contributed by atoms with van der Waals surface area (Å²) in [5.74, 6) is 3.02. The van der Waals surface area contributed by atoms with Crippen LogP contribution in [0.5, 0.6) is 0 Å². The summed E-state index contributed by atoms with van der Waals surface area (Å²) in [6.45, 7) is 1.87. The van der Waals surface area contributed by atoms with Gasteiger partial charge in [-0.1, -0.05) is 18.2 Å². The maximum absolute atomic E-state index is 4.18. The molecule has 19 heavy (non-hydrogen) atoms. The van der Waals surface area contributed by atoms with Gasteiger partial charge in [0.05, 0.1) is 0 Å². The minimum Gasteiger partial charge on any atom is -0.356 e. The van der Waals surface area contributed by atoms with Crippen LogP contribution in [-0.2, 0) is 0 Å². The molecule has 0 fully saturated rings. The molecular weight excluding hydrogens is 389 g/mol. The van der Waals surface area contributed by atoms with Gasteiger partial charge in [0.2, 0.25) is 0 Å². The number of nitrogens with one attached hydrogen (secondary N) is 2. The molecule has 0 unspecified atom stereocenters. The quantitative estimate of drug-likeness (QED) is 0.238. The van der Waals surface area contributed by atoms with Gasteiger partial charge < -0.3 is 10.6 Å². The molecule has 2 N–H and O–H groups in total. The average Bonchev–Trinajstić information content (AvgIpc) is 2.43. The molecule has 0 aliphatic rings. The predicted molar refractivity (Wildman–Crippen MR) is 100 cm³/mol. The van der Waals surface area contributed by atoms with Crippen LogP contribution in [0, 0.1) is 0 Å². The van der Waals surface area contributed by atoms with Gasteiger partial charge in [0.15, 0.2) is 5.96 Å². The van der Waals surface area contributed by atoms with Gasteiger partial charge >= 0.3 is 0 Å². The summed E-state index contributed by atoms with van der Waals surface area (Å²) in [5, 5.41) is 6.59. The molecule has 0 saturated carbocycles. The molecule has 108 valence electrons. The van der Waals surface area contributed by atoms with Crippen molar-refractivity contribution in [3.8, 4) is 0 Å². The molecule has 0 aliphatic carbocycles. The van der Waals surface area contributed by atoms with Crippen molar-refractivity contribution < 1.29 is 0 Å². The van der Waals surface area contributed by atoms with E-state index < -0.39 is 0 Å². The molecule has 6 heteroatoms. The number of nitrogens with zero attached hydrogens (tertiary/aromatic N) is 1. The van der Waals surface area contributed by atoms with Crippen LogP contribution < -0.4 is 10.6 Å². The highest BCUT2D eigenvalue weighted by molar-refractivity contribution is 14.0. The van der Waals surface area contributed by atoms with Gasteiger partial charge in [0.1, 0.15) is 0 Å². The van der Waals surface area contributed by atoms with Crippen LogP contribution in [-0.4, -0.2) is 43.9 Å². The summed E-state index contributed by atoms with van der Waals surface area (Å²) in [4.78, 5) is 5.49. The maximum Gasteiger partial charge on any atom is 0.191 e. The van der Waals surface area contributed by atoms with Crippen LogP contribution >= 0.6 is 47.5 Å². The molecule has 1 rings (SSSR count). The maximum atomic E-state index is 4.18. The fourth-order valence-electron chi connectivity index (χ4n) is 1.35. The third-order valence-corrected chi connectivity index (χ3v) is 3.85. The Balaban J connectivity index is 0.00000324. The van der Waals surface area contributed by atoms with Crippen LogP contribution in [0.2, 0.25) is 0 Å². The molecule has 0 aliphatic heterocycles. The summed E-state index contributed by atoms with van der Waals surface area (Å²) in [6, 6.07) is 10.4. The molecule has 0 amide bonds. The molecule has 0 aromatic heterocycles. The lowest BCUT2D eigenvalue weighted by molar-refractivity contribution is 0.864. The van der Waals surface area contributed by atoms with Crippen LogP contribution in [0.15, 0.2) is 40.2 Å². The molecule has 1 aromatic carbocycles. The molecule has 0 saturated heterocycles. The first-order valence-electron chi connectivity index (χ1n) is 5.98. The van der Waals surface area contributed by atoms with Crippen molar-refractivity contribution in [2.45, 2.75) is 4.90 Å². The van der Waals surface area contributed by atoms with E-state index in [1.807, 2.05) is 29.6 Å². The third-order valence-electron chi connectivity index (χ3n) is 2.23. The Labute approximate surface area is 141 Å². The van der Waals surface area contributed by atoms with Crippen molar-refractivity contribution in [2.24, 2.45) is 4.99 Å². The van der Waals surface area contributed by atoms with Crippen LogP contribution in [0.4, 0.5) is 0 Å². The number of aliphatic imine (C=N–C) groups is 1. The topological polar surface area (TPSA) is 36.4 Å². The largest absolute Gasteiger partial charge is 0.356 e. The zero-order valence-corrected chi connectivity index (χ0v) is 15.4. The van der Waals surface area contributed by atoms with Gasteiger partial charge in [0.25, 0.3) is 0 Å². The SMILES string of the molecule is CN=C(NCCSC)NCCSc1ccccc1.I. The Bertz CT molecular complexity index is 347.